The number of nitrogens with zero attached hydrogens (tertiary/aromatic N) is 2. The summed E-state index contributed by atoms with van der Waals surface area (Å²) in [4.78, 5) is 4.03. The van der Waals surface area contributed by atoms with E-state index < -0.39 is 0 Å². The molecule has 74 valence electrons. The Balaban J connectivity index is 2.76. The second-order valence-corrected chi connectivity index (χ2v) is 4.15. The van der Waals surface area contributed by atoms with Crippen LogP contribution in [0.2, 0.25) is 0 Å². The zero-order valence-electron chi connectivity index (χ0n) is 8.12. The number of pyridine rings is 1. The molecule has 14 heavy (non-hydrogen) atoms. The third-order valence-electron chi connectivity index (χ3n) is 1.49. The van der Waals surface area contributed by atoms with Gasteiger partial charge in [-0.05, 0) is 27.9 Å². The fraction of sp³-hybridized carbons (Fsp3) is 0.400. The molecule has 3 nitrogen and oxygen atoms in total. The predicted octanol–water partition coefficient (Wildman–Crippen LogP) is 2.75. The lowest BCUT2D eigenvalue weighted by atomic mass is 10.2. The Bertz CT molecular complexity index is 358. The lowest BCUT2D eigenvalue weighted by Gasteiger charge is -2.07. The molecule has 0 fully saturated rings. The van der Waals surface area contributed by atoms with Crippen molar-refractivity contribution in [1.29, 1.82) is 5.26 Å². The number of ether oxygens (including phenoxy) is 1. The quantitative estimate of drug-likeness (QED) is 0.834. The molecular formula is C10H11BrN2O. The van der Waals surface area contributed by atoms with Crippen LogP contribution in [0.25, 0.3) is 0 Å². The number of rotatable bonds is 3. The Morgan fingerprint density at radius 1 is 1.57 bits per heavy atom. The maximum atomic E-state index is 8.72. The molecule has 1 aromatic heterocycles. The third kappa shape index (κ3) is 3.00. The van der Waals surface area contributed by atoms with Gasteiger partial charge in [-0.15, -0.1) is 0 Å². The molecule has 0 aromatic carbocycles. The summed E-state index contributed by atoms with van der Waals surface area (Å²) in [6.45, 7) is 4.73. The average Bonchev–Trinajstić information content (AvgIpc) is 2.16. The first-order chi connectivity index (χ1) is 6.63. The zero-order valence-corrected chi connectivity index (χ0v) is 9.71. The van der Waals surface area contributed by atoms with Crippen molar-refractivity contribution in [2.75, 3.05) is 6.61 Å². The standard InChI is InChI=1S/C10H11BrN2O/c1-7(2)6-14-10-4-3-8(11)9(5-12)13-10/h3-4,7H,6H2,1-2H3. The lowest BCUT2D eigenvalue weighted by molar-refractivity contribution is 0.261. The van der Waals surface area contributed by atoms with E-state index in [1.807, 2.05) is 6.07 Å². The van der Waals surface area contributed by atoms with Crippen molar-refractivity contribution in [3.05, 3.63) is 22.3 Å². The number of aromatic nitrogens is 1. The van der Waals surface area contributed by atoms with Crippen molar-refractivity contribution in [2.24, 2.45) is 5.92 Å². The molecule has 0 aliphatic rings. The van der Waals surface area contributed by atoms with Gasteiger partial charge in [-0.2, -0.15) is 5.26 Å². The van der Waals surface area contributed by atoms with Crippen LogP contribution in [0.3, 0.4) is 0 Å². The molecule has 0 saturated carbocycles. The van der Waals surface area contributed by atoms with Crippen molar-refractivity contribution in [1.82, 2.24) is 4.98 Å². The maximum absolute atomic E-state index is 8.72. The van der Waals surface area contributed by atoms with E-state index >= 15 is 0 Å². The first kappa shape index (κ1) is 11.0. The van der Waals surface area contributed by atoms with Gasteiger partial charge in [0, 0.05) is 6.07 Å². The molecule has 0 aliphatic carbocycles. The number of nitriles is 1. The summed E-state index contributed by atoms with van der Waals surface area (Å²) in [5.74, 6) is 0.949. The van der Waals surface area contributed by atoms with E-state index in [0.29, 0.717) is 28.6 Å². The Kier molecular flexibility index (Phi) is 3.90. The molecule has 1 aromatic rings. The topological polar surface area (TPSA) is 45.9 Å². The summed E-state index contributed by atoms with van der Waals surface area (Å²) in [7, 11) is 0. The largest absolute Gasteiger partial charge is 0.477 e. The first-order valence-corrected chi connectivity index (χ1v) is 5.12. The van der Waals surface area contributed by atoms with Crippen molar-refractivity contribution < 1.29 is 4.74 Å². The summed E-state index contributed by atoms with van der Waals surface area (Å²) in [6.07, 6.45) is 0. The molecule has 0 saturated heterocycles. The van der Waals surface area contributed by atoms with E-state index in [2.05, 4.69) is 34.8 Å². The van der Waals surface area contributed by atoms with Gasteiger partial charge in [0.25, 0.3) is 0 Å². The SMILES string of the molecule is CC(C)COc1ccc(Br)c(C#N)n1. The van der Waals surface area contributed by atoms with Gasteiger partial charge in [0.2, 0.25) is 5.88 Å². The van der Waals surface area contributed by atoms with E-state index in [1.165, 1.54) is 0 Å². The molecule has 0 N–H and O–H groups in total. The van der Waals surface area contributed by atoms with Crippen LogP contribution in [0.15, 0.2) is 16.6 Å². The molecule has 1 rings (SSSR count). The fourth-order valence-corrected chi connectivity index (χ4v) is 1.14. The van der Waals surface area contributed by atoms with Crippen molar-refractivity contribution >= 4 is 15.9 Å². The normalized spacial score (nSPS) is 9.93. The molecular weight excluding hydrogens is 244 g/mol. The van der Waals surface area contributed by atoms with Crippen LogP contribution < -0.4 is 4.74 Å². The highest BCUT2D eigenvalue weighted by Gasteiger charge is 2.03. The molecule has 0 radical (unpaired) electrons. The summed E-state index contributed by atoms with van der Waals surface area (Å²) < 4.78 is 6.07. The van der Waals surface area contributed by atoms with Gasteiger partial charge in [-0.25, -0.2) is 4.98 Å². The van der Waals surface area contributed by atoms with Gasteiger partial charge >= 0.3 is 0 Å². The van der Waals surface area contributed by atoms with E-state index in [4.69, 9.17) is 10.00 Å². The molecule has 0 unspecified atom stereocenters. The van der Waals surface area contributed by atoms with E-state index in [-0.39, 0.29) is 0 Å². The lowest BCUT2D eigenvalue weighted by Crippen LogP contribution is -2.06. The molecule has 1 heterocycles. The van der Waals surface area contributed by atoms with Crippen LogP contribution >= 0.6 is 15.9 Å². The summed E-state index contributed by atoms with van der Waals surface area (Å²) in [6, 6.07) is 5.49. The fourth-order valence-electron chi connectivity index (χ4n) is 0.835. The Morgan fingerprint density at radius 2 is 2.29 bits per heavy atom. The third-order valence-corrected chi connectivity index (χ3v) is 2.13. The molecule has 0 aliphatic heterocycles. The van der Waals surface area contributed by atoms with E-state index in [9.17, 15) is 0 Å². The predicted molar refractivity (Wildman–Crippen MR) is 57.0 cm³/mol. The van der Waals surface area contributed by atoms with Crippen LogP contribution in [0.1, 0.15) is 19.5 Å². The van der Waals surface area contributed by atoms with Crippen LogP contribution in [0, 0.1) is 17.2 Å². The van der Waals surface area contributed by atoms with Gasteiger partial charge < -0.3 is 4.74 Å². The highest BCUT2D eigenvalue weighted by Crippen LogP contribution is 2.18. The van der Waals surface area contributed by atoms with Crippen molar-refractivity contribution in [3.8, 4) is 11.9 Å². The molecule has 4 heteroatoms. The summed E-state index contributed by atoms with van der Waals surface area (Å²) >= 11 is 3.23. The van der Waals surface area contributed by atoms with Gasteiger partial charge in [0.05, 0.1) is 11.1 Å². The number of halogens is 1. The van der Waals surface area contributed by atoms with Gasteiger partial charge in [0.15, 0.2) is 5.69 Å². The Labute approximate surface area is 91.8 Å². The smallest absolute Gasteiger partial charge is 0.214 e. The molecule has 0 bridgehead atoms. The summed E-state index contributed by atoms with van der Waals surface area (Å²) in [5.41, 5.74) is 0.353. The second kappa shape index (κ2) is 4.97. The number of hydrogen-bond donors (Lipinski definition) is 0. The summed E-state index contributed by atoms with van der Waals surface area (Å²) in [5, 5.41) is 8.72. The van der Waals surface area contributed by atoms with Gasteiger partial charge in [0.1, 0.15) is 6.07 Å². The highest BCUT2D eigenvalue weighted by atomic mass is 79.9. The zero-order chi connectivity index (χ0) is 10.6. The minimum absolute atomic E-state index is 0.353. The Morgan fingerprint density at radius 3 is 2.86 bits per heavy atom. The van der Waals surface area contributed by atoms with Crippen LogP contribution in [0.4, 0.5) is 0 Å². The average molecular weight is 255 g/mol. The molecule has 0 atom stereocenters. The van der Waals surface area contributed by atoms with Crippen LogP contribution in [-0.4, -0.2) is 11.6 Å². The molecule has 0 spiro atoms. The van der Waals surface area contributed by atoms with Crippen LogP contribution in [0.5, 0.6) is 5.88 Å². The van der Waals surface area contributed by atoms with Crippen molar-refractivity contribution in [3.63, 3.8) is 0 Å². The second-order valence-electron chi connectivity index (χ2n) is 3.30. The minimum atomic E-state index is 0.353. The van der Waals surface area contributed by atoms with E-state index in [1.54, 1.807) is 12.1 Å². The van der Waals surface area contributed by atoms with E-state index in [0.717, 1.165) is 0 Å². The number of hydrogen-bond acceptors (Lipinski definition) is 3. The van der Waals surface area contributed by atoms with Crippen molar-refractivity contribution in [2.45, 2.75) is 13.8 Å². The van der Waals surface area contributed by atoms with Crippen LogP contribution in [-0.2, 0) is 0 Å². The maximum Gasteiger partial charge on any atom is 0.214 e. The molecule has 0 amide bonds. The highest BCUT2D eigenvalue weighted by molar-refractivity contribution is 9.10. The van der Waals surface area contributed by atoms with Gasteiger partial charge in [-0.1, -0.05) is 13.8 Å². The Hall–Kier alpha value is -1.08. The monoisotopic (exact) mass is 254 g/mol. The first-order valence-electron chi connectivity index (χ1n) is 4.33. The van der Waals surface area contributed by atoms with Gasteiger partial charge in [-0.3, -0.25) is 0 Å². The minimum Gasteiger partial charge on any atom is -0.477 e.